The third-order valence-corrected chi connectivity index (χ3v) is 4.33. The van der Waals surface area contributed by atoms with E-state index in [1.54, 1.807) is 25.3 Å². The number of aromatic nitrogens is 1. The molecule has 0 aliphatic carbocycles. The van der Waals surface area contributed by atoms with Gasteiger partial charge < -0.3 is 9.30 Å². The zero-order valence-corrected chi connectivity index (χ0v) is 14.6. The maximum Gasteiger partial charge on any atom is 0.282 e. The molecule has 0 bridgehead atoms. The summed E-state index contributed by atoms with van der Waals surface area (Å²) >= 11 is 0. The SMILES string of the molecule is COc1ccc(-n2cccc2/C=C2/C(=O)NN(c3ccccc3)C2=O)cc1. The molecule has 27 heavy (non-hydrogen) atoms. The maximum absolute atomic E-state index is 12.7. The molecule has 1 fully saturated rings. The molecule has 0 atom stereocenters. The molecule has 0 spiro atoms. The molecule has 4 rings (SSSR count). The van der Waals surface area contributed by atoms with Crippen molar-refractivity contribution in [2.24, 2.45) is 0 Å². The molecule has 1 N–H and O–H groups in total. The van der Waals surface area contributed by atoms with Gasteiger partial charge in [-0.1, -0.05) is 18.2 Å². The van der Waals surface area contributed by atoms with Crippen LogP contribution in [-0.4, -0.2) is 23.5 Å². The van der Waals surface area contributed by atoms with Gasteiger partial charge in [-0.15, -0.1) is 0 Å². The summed E-state index contributed by atoms with van der Waals surface area (Å²) in [4.78, 5) is 25.1. The fraction of sp³-hybridized carbons (Fsp3) is 0.0476. The Morgan fingerprint density at radius 3 is 2.33 bits per heavy atom. The maximum atomic E-state index is 12.7. The molecule has 0 radical (unpaired) electrons. The highest BCUT2D eigenvalue weighted by Gasteiger charge is 2.34. The molecule has 1 aliphatic rings. The molecule has 1 aromatic heterocycles. The average Bonchev–Trinajstić information content (AvgIpc) is 3.29. The summed E-state index contributed by atoms with van der Waals surface area (Å²) in [5.74, 6) is -0.0466. The van der Waals surface area contributed by atoms with Gasteiger partial charge in [0, 0.05) is 17.6 Å². The van der Waals surface area contributed by atoms with Gasteiger partial charge in [-0.3, -0.25) is 15.0 Å². The normalized spacial score (nSPS) is 15.3. The second-order valence-corrected chi connectivity index (χ2v) is 5.98. The van der Waals surface area contributed by atoms with Crippen molar-refractivity contribution in [1.29, 1.82) is 0 Å². The Labute approximate surface area is 156 Å². The van der Waals surface area contributed by atoms with E-state index in [9.17, 15) is 9.59 Å². The summed E-state index contributed by atoms with van der Waals surface area (Å²) in [5, 5.41) is 1.26. The standard InChI is InChI=1S/C21H17N3O3/c1-27-18-11-9-15(10-12-18)23-13-5-8-17(23)14-19-20(25)22-24(21(19)26)16-6-3-2-4-7-16/h2-14H,1H3,(H,22,25)/b19-14-. The van der Waals surface area contributed by atoms with E-state index in [0.29, 0.717) is 5.69 Å². The molecule has 6 nitrogen and oxygen atoms in total. The summed E-state index contributed by atoms with van der Waals surface area (Å²) in [6.45, 7) is 0. The highest BCUT2D eigenvalue weighted by molar-refractivity contribution is 6.31. The summed E-state index contributed by atoms with van der Waals surface area (Å²) in [7, 11) is 1.61. The lowest BCUT2D eigenvalue weighted by molar-refractivity contribution is -0.117. The average molecular weight is 359 g/mol. The third kappa shape index (κ3) is 3.08. The molecule has 1 aliphatic heterocycles. The predicted octanol–water partition coefficient (Wildman–Crippen LogP) is 2.95. The number of carbonyl (C=O) groups excluding carboxylic acids is 2. The van der Waals surface area contributed by atoms with Crippen molar-refractivity contribution in [3.05, 3.63) is 84.2 Å². The first-order valence-corrected chi connectivity index (χ1v) is 8.41. The van der Waals surface area contributed by atoms with Crippen LogP contribution in [-0.2, 0) is 9.59 Å². The zero-order chi connectivity index (χ0) is 18.8. The molecule has 2 aromatic carbocycles. The molecular formula is C21H17N3O3. The number of para-hydroxylation sites is 1. The Kier molecular flexibility index (Phi) is 4.22. The molecule has 2 heterocycles. The molecule has 3 aromatic rings. The second kappa shape index (κ2) is 6.84. The van der Waals surface area contributed by atoms with Crippen molar-refractivity contribution in [2.75, 3.05) is 12.1 Å². The van der Waals surface area contributed by atoms with E-state index >= 15 is 0 Å². The first-order chi connectivity index (χ1) is 13.2. The third-order valence-electron chi connectivity index (χ3n) is 4.33. The van der Waals surface area contributed by atoms with E-state index in [-0.39, 0.29) is 11.5 Å². The molecule has 134 valence electrons. The van der Waals surface area contributed by atoms with Crippen LogP contribution in [0.4, 0.5) is 5.69 Å². The zero-order valence-electron chi connectivity index (χ0n) is 14.6. The number of hydrogen-bond donors (Lipinski definition) is 1. The quantitative estimate of drug-likeness (QED) is 0.575. The van der Waals surface area contributed by atoms with Crippen LogP contribution < -0.4 is 15.2 Å². The molecule has 0 unspecified atom stereocenters. The minimum atomic E-state index is -0.425. The van der Waals surface area contributed by atoms with Gasteiger partial charge in [0.25, 0.3) is 11.8 Å². The van der Waals surface area contributed by atoms with Crippen LogP contribution in [0.3, 0.4) is 0 Å². The van der Waals surface area contributed by atoms with Crippen molar-refractivity contribution in [3.63, 3.8) is 0 Å². The highest BCUT2D eigenvalue weighted by atomic mass is 16.5. The van der Waals surface area contributed by atoms with Crippen LogP contribution in [0.5, 0.6) is 5.75 Å². The Hall–Kier alpha value is -3.80. The number of anilines is 1. The Balaban J connectivity index is 1.67. The first-order valence-electron chi connectivity index (χ1n) is 8.41. The molecule has 6 heteroatoms. The van der Waals surface area contributed by atoms with Gasteiger partial charge in [-0.25, -0.2) is 5.01 Å². The van der Waals surface area contributed by atoms with Crippen LogP contribution >= 0.6 is 0 Å². The lowest BCUT2D eigenvalue weighted by Crippen LogP contribution is -2.35. The van der Waals surface area contributed by atoms with E-state index in [0.717, 1.165) is 17.1 Å². The van der Waals surface area contributed by atoms with Crippen LogP contribution in [0.15, 0.2) is 78.5 Å². The van der Waals surface area contributed by atoms with Gasteiger partial charge in [-0.05, 0) is 54.6 Å². The van der Waals surface area contributed by atoms with Crippen LogP contribution in [0.25, 0.3) is 11.8 Å². The van der Waals surface area contributed by atoms with E-state index in [2.05, 4.69) is 5.43 Å². The summed E-state index contributed by atoms with van der Waals surface area (Å²) in [6.07, 6.45) is 3.48. The Bertz CT molecular complexity index is 1020. The number of hydrazine groups is 1. The van der Waals surface area contributed by atoms with E-state index in [1.165, 1.54) is 5.01 Å². The minimum Gasteiger partial charge on any atom is -0.497 e. The fourth-order valence-corrected chi connectivity index (χ4v) is 2.95. The number of hydrogen-bond acceptors (Lipinski definition) is 3. The smallest absolute Gasteiger partial charge is 0.282 e. The molecule has 2 amide bonds. The van der Waals surface area contributed by atoms with E-state index in [4.69, 9.17) is 4.74 Å². The van der Waals surface area contributed by atoms with E-state index in [1.807, 2.05) is 65.4 Å². The van der Waals surface area contributed by atoms with Crippen molar-refractivity contribution >= 4 is 23.6 Å². The van der Waals surface area contributed by atoms with Crippen LogP contribution in [0.2, 0.25) is 0 Å². The largest absolute Gasteiger partial charge is 0.497 e. The number of rotatable bonds is 4. The minimum absolute atomic E-state index is 0.0901. The molecular weight excluding hydrogens is 342 g/mol. The second-order valence-electron chi connectivity index (χ2n) is 5.98. The number of carbonyl (C=O) groups is 2. The fourth-order valence-electron chi connectivity index (χ4n) is 2.95. The van der Waals surface area contributed by atoms with E-state index < -0.39 is 5.91 Å². The number of nitrogens with zero attached hydrogens (tertiary/aromatic N) is 2. The van der Waals surface area contributed by atoms with Crippen molar-refractivity contribution < 1.29 is 14.3 Å². The number of ether oxygens (including phenoxy) is 1. The van der Waals surface area contributed by atoms with Crippen LogP contribution in [0.1, 0.15) is 5.69 Å². The number of benzene rings is 2. The predicted molar refractivity (Wildman–Crippen MR) is 102 cm³/mol. The molecule has 0 saturated carbocycles. The van der Waals surface area contributed by atoms with Gasteiger partial charge in [0.15, 0.2) is 0 Å². The van der Waals surface area contributed by atoms with Gasteiger partial charge in [0.2, 0.25) is 0 Å². The number of nitrogens with one attached hydrogen (secondary N) is 1. The van der Waals surface area contributed by atoms with Crippen molar-refractivity contribution in [2.45, 2.75) is 0 Å². The Morgan fingerprint density at radius 2 is 1.63 bits per heavy atom. The lowest BCUT2D eigenvalue weighted by atomic mass is 10.2. The summed E-state index contributed by atoms with van der Waals surface area (Å²) in [5.41, 5.74) is 4.94. The topological polar surface area (TPSA) is 63.6 Å². The van der Waals surface area contributed by atoms with Gasteiger partial charge in [0.1, 0.15) is 11.3 Å². The van der Waals surface area contributed by atoms with Crippen molar-refractivity contribution in [1.82, 2.24) is 9.99 Å². The van der Waals surface area contributed by atoms with Gasteiger partial charge in [0.05, 0.1) is 12.8 Å². The van der Waals surface area contributed by atoms with Crippen LogP contribution in [0, 0.1) is 0 Å². The van der Waals surface area contributed by atoms with Gasteiger partial charge in [-0.2, -0.15) is 0 Å². The summed E-state index contributed by atoms with van der Waals surface area (Å²) < 4.78 is 7.08. The monoisotopic (exact) mass is 359 g/mol. The first kappa shape index (κ1) is 16.7. The van der Waals surface area contributed by atoms with Crippen molar-refractivity contribution in [3.8, 4) is 11.4 Å². The van der Waals surface area contributed by atoms with Gasteiger partial charge >= 0.3 is 0 Å². The highest BCUT2D eigenvalue weighted by Crippen LogP contribution is 2.23. The molecule has 1 saturated heterocycles. The number of amides is 2. The summed E-state index contributed by atoms with van der Waals surface area (Å²) in [6, 6.07) is 20.3. The Morgan fingerprint density at radius 1 is 0.889 bits per heavy atom. The lowest BCUT2D eigenvalue weighted by Gasteiger charge is -2.13. The number of methoxy groups -OCH3 is 1.